The molecule has 1 aromatic heterocycles. The highest BCUT2D eigenvalue weighted by Crippen LogP contribution is 2.28. The SMILES string of the molecule is CC(=O)N1CCOC[C@@H]1Cn1cc(-c2ccc(C#CC3CC3)cc2C)nn1. The number of nitrogens with zero attached hydrogens (tertiary/aromatic N) is 4. The molecule has 6 heteroatoms. The van der Waals surface area contributed by atoms with Crippen LogP contribution in [0.3, 0.4) is 0 Å². The van der Waals surface area contributed by atoms with Crippen molar-refractivity contribution in [2.75, 3.05) is 19.8 Å². The molecule has 0 spiro atoms. The normalized spacial score (nSPS) is 19.5. The van der Waals surface area contributed by atoms with Crippen LogP contribution in [0.25, 0.3) is 11.3 Å². The van der Waals surface area contributed by atoms with E-state index in [1.165, 1.54) is 12.8 Å². The predicted octanol–water partition coefficient (Wildman–Crippen LogP) is 2.26. The van der Waals surface area contributed by atoms with Crippen LogP contribution in [0.1, 0.15) is 30.9 Å². The molecular formula is C21H24N4O2. The number of aromatic nitrogens is 3. The van der Waals surface area contributed by atoms with E-state index in [2.05, 4.69) is 41.2 Å². The maximum absolute atomic E-state index is 11.8. The van der Waals surface area contributed by atoms with E-state index in [4.69, 9.17) is 4.74 Å². The zero-order valence-corrected chi connectivity index (χ0v) is 15.8. The standard InChI is InChI=1S/C21H24N4O2/c1-15-11-18(6-5-17-3-4-17)7-8-20(15)21-13-24(23-22-21)12-19-14-27-10-9-25(19)16(2)26/h7-8,11,13,17,19H,3-4,9-10,12,14H2,1-2H3/t19-/m0/s1. The Bertz CT molecular complexity index is 904. The van der Waals surface area contributed by atoms with E-state index in [0.717, 1.165) is 22.4 Å². The highest BCUT2D eigenvalue weighted by molar-refractivity contribution is 5.73. The average molecular weight is 364 g/mol. The number of morpholine rings is 1. The van der Waals surface area contributed by atoms with Crippen molar-refractivity contribution in [3.05, 3.63) is 35.5 Å². The number of benzene rings is 1. The van der Waals surface area contributed by atoms with Crippen LogP contribution in [0.5, 0.6) is 0 Å². The van der Waals surface area contributed by atoms with Gasteiger partial charge in [0.2, 0.25) is 5.91 Å². The minimum atomic E-state index is -0.00743. The third-order valence-corrected chi connectivity index (χ3v) is 5.07. The number of carbonyl (C=O) groups excluding carboxylic acids is 1. The number of hydrogen-bond acceptors (Lipinski definition) is 4. The van der Waals surface area contributed by atoms with Crippen molar-refractivity contribution in [1.82, 2.24) is 19.9 Å². The fourth-order valence-corrected chi connectivity index (χ4v) is 3.39. The summed E-state index contributed by atoms with van der Waals surface area (Å²) >= 11 is 0. The molecule has 2 aliphatic rings. The number of carbonyl (C=O) groups is 1. The van der Waals surface area contributed by atoms with Crippen molar-refractivity contribution in [2.24, 2.45) is 5.92 Å². The lowest BCUT2D eigenvalue weighted by molar-refractivity contribution is -0.138. The van der Waals surface area contributed by atoms with Gasteiger partial charge in [0.25, 0.3) is 0 Å². The molecule has 1 aromatic carbocycles. The first-order valence-electron chi connectivity index (χ1n) is 9.48. The molecule has 27 heavy (non-hydrogen) atoms. The molecular weight excluding hydrogens is 340 g/mol. The van der Waals surface area contributed by atoms with Gasteiger partial charge in [-0.25, -0.2) is 4.68 Å². The van der Waals surface area contributed by atoms with Crippen molar-refractivity contribution >= 4 is 5.91 Å². The Balaban J connectivity index is 1.49. The van der Waals surface area contributed by atoms with Gasteiger partial charge in [-0.05, 0) is 37.5 Å². The Kier molecular flexibility index (Phi) is 4.95. The molecule has 0 unspecified atom stereocenters. The van der Waals surface area contributed by atoms with Gasteiger partial charge in [0.15, 0.2) is 0 Å². The summed E-state index contributed by atoms with van der Waals surface area (Å²) < 4.78 is 7.33. The minimum absolute atomic E-state index is 0.00743. The molecule has 1 aliphatic carbocycles. The van der Waals surface area contributed by atoms with E-state index in [0.29, 0.717) is 32.2 Å². The van der Waals surface area contributed by atoms with Gasteiger partial charge < -0.3 is 9.64 Å². The van der Waals surface area contributed by atoms with Gasteiger partial charge >= 0.3 is 0 Å². The molecule has 0 N–H and O–H groups in total. The third kappa shape index (κ3) is 4.20. The number of rotatable bonds is 3. The van der Waals surface area contributed by atoms with Gasteiger partial charge in [0.1, 0.15) is 5.69 Å². The molecule has 1 atom stereocenters. The molecule has 0 bridgehead atoms. The molecule has 2 heterocycles. The number of amides is 1. The van der Waals surface area contributed by atoms with Crippen molar-refractivity contribution < 1.29 is 9.53 Å². The summed E-state index contributed by atoms with van der Waals surface area (Å²) in [5.41, 5.74) is 4.07. The van der Waals surface area contributed by atoms with Crippen LogP contribution in [0.15, 0.2) is 24.4 Å². The quantitative estimate of drug-likeness (QED) is 0.784. The topological polar surface area (TPSA) is 60.2 Å². The maximum Gasteiger partial charge on any atom is 0.219 e. The highest BCUT2D eigenvalue weighted by atomic mass is 16.5. The van der Waals surface area contributed by atoms with E-state index in [9.17, 15) is 4.79 Å². The number of aryl methyl sites for hydroxylation is 1. The molecule has 1 aliphatic heterocycles. The molecule has 6 nitrogen and oxygen atoms in total. The lowest BCUT2D eigenvalue weighted by Gasteiger charge is -2.34. The summed E-state index contributed by atoms with van der Waals surface area (Å²) in [5.74, 6) is 7.23. The van der Waals surface area contributed by atoms with Gasteiger partial charge in [-0.1, -0.05) is 23.1 Å². The molecule has 0 radical (unpaired) electrons. The van der Waals surface area contributed by atoms with Crippen LogP contribution in [0, 0.1) is 24.7 Å². The Morgan fingerprint density at radius 3 is 2.96 bits per heavy atom. The smallest absolute Gasteiger partial charge is 0.219 e. The van der Waals surface area contributed by atoms with Gasteiger partial charge in [0.05, 0.1) is 32.0 Å². The summed E-state index contributed by atoms with van der Waals surface area (Å²) in [4.78, 5) is 13.7. The van der Waals surface area contributed by atoms with Crippen LogP contribution < -0.4 is 0 Å². The van der Waals surface area contributed by atoms with E-state index >= 15 is 0 Å². The summed E-state index contributed by atoms with van der Waals surface area (Å²) in [6.07, 6.45) is 4.41. The first-order valence-corrected chi connectivity index (χ1v) is 9.48. The Morgan fingerprint density at radius 2 is 2.22 bits per heavy atom. The predicted molar refractivity (Wildman–Crippen MR) is 102 cm³/mol. The van der Waals surface area contributed by atoms with E-state index in [-0.39, 0.29) is 11.9 Å². The Hall–Kier alpha value is -2.65. The van der Waals surface area contributed by atoms with Crippen molar-refractivity contribution in [2.45, 2.75) is 39.3 Å². The van der Waals surface area contributed by atoms with Gasteiger partial charge in [-0.3, -0.25) is 4.79 Å². The summed E-state index contributed by atoms with van der Waals surface area (Å²) in [7, 11) is 0. The summed E-state index contributed by atoms with van der Waals surface area (Å²) in [5, 5.41) is 8.59. The zero-order chi connectivity index (χ0) is 18.8. The maximum atomic E-state index is 11.8. The number of ether oxygens (including phenoxy) is 1. The van der Waals surface area contributed by atoms with Crippen molar-refractivity contribution in [1.29, 1.82) is 0 Å². The van der Waals surface area contributed by atoms with E-state index in [1.54, 1.807) is 11.6 Å². The second kappa shape index (κ2) is 7.53. The third-order valence-electron chi connectivity index (χ3n) is 5.07. The first-order chi connectivity index (χ1) is 13.1. The average Bonchev–Trinajstić information content (AvgIpc) is 3.38. The minimum Gasteiger partial charge on any atom is -0.377 e. The lowest BCUT2D eigenvalue weighted by atomic mass is 10.0. The zero-order valence-electron chi connectivity index (χ0n) is 15.8. The largest absolute Gasteiger partial charge is 0.377 e. The van der Waals surface area contributed by atoms with Crippen LogP contribution in [0.4, 0.5) is 0 Å². The van der Waals surface area contributed by atoms with E-state index in [1.807, 2.05) is 17.2 Å². The second-order valence-electron chi connectivity index (χ2n) is 7.34. The first kappa shape index (κ1) is 17.7. The lowest BCUT2D eigenvalue weighted by Crippen LogP contribution is -2.49. The van der Waals surface area contributed by atoms with Gasteiger partial charge in [-0.15, -0.1) is 5.10 Å². The van der Waals surface area contributed by atoms with Crippen LogP contribution in [0.2, 0.25) is 0 Å². The Morgan fingerprint density at radius 1 is 1.37 bits per heavy atom. The molecule has 1 saturated carbocycles. The van der Waals surface area contributed by atoms with Gasteiger partial charge in [0, 0.05) is 30.5 Å². The summed E-state index contributed by atoms with van der Waals surface area (Å²) in [6.45, 7) is 6.00. The molecule has 1 saturated heterocycles. The van der Waals surface area contributed by atoms with Crippen LogP contribution in [-0.2, 0) is 16.1 Å². The molecule has 2 aromatic rings. The molecule has 4 rings (SSSR count). The number of hydrogen-bond donors (Lipinski definition) is 0. The summed E-state index contributed by atoms with van der Waals surface area (Å²) in [6, 6.07) is 6.21. The molecule has 2 fully saturated rings. The van der Waals surface area contributed by atoms with Gasteiger partial charge in [-0.2, -0.15) is 0 Å². The Labute approximate surface area is 159 Å². The van der Waals surface area contributed by atoms with Crippen LogP contribution in [-0.4, -0.2) is 51.6 Å². The van der Waals surface area contributed by atoms with Crippen LogP contribution >= 0.6 is 0 Å². The molecule has 1 amide bonds. The fraction of sp³-hybridized carbons (Fsp3) is 0.476. The molecule has 140 valence electrons. The van der Waals surface area contributed by atoms with E-state index < -0.39 is 0 Å². The second-order valence-corrected chi connectivity index (χ2v) is 7.34. The fourth-order valence-electron chi connectivity index (χ4n) is 3.39. The monoisotopic (exact) mass is 364 g/mol. The van der Waals surface area contributed by atoms with Crippen molar-refractivity contribution in [3.63, 3.8) is 0 Å². The van der Waals surface area contributed by atoms with Crippen molar-refractivity contribution in [3.8, 4) is 23.1 Å². The highest BCUT2D eigenvalue weighted by Gasteiger charge is 2.26.